The molecule has 18 heavy (non-hydrogen) atoms. The van der Waals surface area contributed by atoms with Crippen LogP contribution in [0.2, 0.25) is 0 Å². The maximum atomic E-state index is 12.1. The van der Waals surface area contributed by atoms with E-state index in [2.05, 4.69) is 0 Å². The van der Waals surface area contributed by atoms with E-state index in [0.717, 1.165) is 5.22 Å². The number of hydrogen-bond donors (Lipinski definition) is 1. The summed E-state index contributed by atoms with van der Waals surface area (Å²) in [6, 6.07) is 7.27. The number of hydrogen-bond acceptors (Lipinski definition) is 3. The first kappa shape index (κ1) is 11.1. The highest BCUT2D eigenvalue weighted by atomic mass is 16.5. The van der Waals surface area contributed by atoms with E-state index in [1.54, 1.807) is 12.1 Å². The number of carbonyl (C=O) groups is 1. The fourth-order valence-electron chi connectivity index (χ4n) is 2.35. The summed E-state index contributed by atoms with van der Waals surface area (Å²) in [6.45, 7) is 3.97. The standard InChI is InChI=1S/C15H14O3/c1-15(2)8-7-11-13(17)12(16)9-5-3-4-6-10(9)14(11)18-15/h3-7,16H,8H2,1-2H3. The highest BCUT2D eigenvalue weighted by molar-refractivity contribution is 6.27. The Bertz CT molecular complexity index is 693. The Labute approximate surface area is 105 Å². The molecular formula is C15H14O3. The third-order valence-corrected chi connectivity index (χ3v) is 3.31. The minimum Gasteiger partial charge on any atom is -0.504 e. The van der Waals surface area contributed by atoms with Crippen LogP contribution in [0, 0.1) is 0 Å². The zero-order chi connectivity index (χ0) is 12.9. The molecule has 1 aromatic rings. The van der Waals surface area contributed by atoms with Crippen LogP contribution in [-0.2, 0) is 9.53 Å². The van der Waals surface area contributed by atoms with Gasteiger partial charge in [0, 0.05) is 16.9 Å². The first-order valence-electron chi connectivity index (χ1n) is 5.96. The summed E-state index contributed by atoms with van der Waals surface area (Å²) in [5.41, 5.74) is 0.157. The summed E-state index contributed by atoms with van der Waals surface area (Å²) in [4.78, 5) is 12.1. The van der Waals surface area contributed by atoms with Gasteiger partial charge in [-0.05, 0) is 13.8 Å². The first-order valence-corrected chi connectivity index (χ1v) is 5.96. The molecule has 0 saturated heterocycles. The number of Topliss-reactive ketones (excluding diaryl/α,β-unsaturated/α-hetero) is 1. The van der Waals surface area contributed by atoms with E-state index >= 15 is 0 Å². The van der Waals surface area contributed by atoms with Gasteiger partial charge in [0.15, 0.2) is 5.76 Å². The van der Waals surface area contributed by atoms with E-state index in [-0.39, 0.29) is 17.1 Å². The van der Waals surface area contributed by atoms with Gasteiger partial charge in [-0.15, -0.1) is 0 Å². The molecule has 1 N–H and O–H groups in total. The van der Waals surface area contributed by atoms with Gasteiger partial charge >= 0.3 is 0 Å². The van der Waals surface area contributed by atoms with Crippen LogP contribution in [0.1, 0.15) is 20.3 Å². The Morgan fingerprint density at radius 1 is 1.22 bits per heavy atom. The van der Waals surface area contributed by atoms with Gasteiger partial charge in [0.1, 0.15) is 11.4 Å². The molecular weight excluding hydrogens is 228 g/mol. The Kier molecular flexibility index (Phi) is 2.14. The first-order chi connectivity index (χ1) is 8.49. The predicted molar refractivity (Wildman–Crippen MR) is 68.0 cm³/mol. The minimum atomic E-state index is -0.348. The molecule has 0 unspecified atom stereocenters. The van der Waals surface area contributed by atoms with Gasteiger partial charge in [0.05, 0.1) is 5.57 Å². The lowest BCUT2D eigenvalue weighted by Gasteiger charge is -2.33. The summed E-state index contributed by atoms with van der Waals surface area (Å²) < 4.78 is 5.93. The van der Waals surface area contributed by atoms with Crippen molar-refractivity contribution in [1.82, 2.24) is 0 Å². The van der Waals surface area contributed by atoms with Gasteiger partial charge < -0.3 is 9.84 Å². The monoisotopic (exact) mass is 242 g/mol. The van der Waals surface area contributed by atoms with Gasteiger partial charge in [-0.1, -0.05) is 30.3 Å². The lowest BCUT2D eigenvalue weighted by atomic mass is 9.91. The summed E-state index contributed by atoms with van der Waals surface area (Å²) >= 11 is 0. The second kappa shape index (κ2) is 3.48. The van der Waals surface area contributed by atoms with Crippen molar-refractivity contribution in [3.63, 3.8) is 0 Å². The maximum absolute atomic E-state index is 12.1. The molecule has 1 aromatic carbocycles. The fourth-order valence-corrected chi connectivity index (χ4v) is 2.35. The number of ether oxygens (including phenoxy) is 1. The largest absolute Gasteiger partial charge is 0.504 e. The lowest BCUT2D eigenvalue weighted by molar-refractivity contribution is -0.112. The molecule has 1 aliphatic carbocycles. The summed E-state index contributed by atoms with van der Waals surface area (Å²) in [5, 5.41) is 11.3. The van der Waals surface area contributed by atoms with E-state index < -0.39 is 0 Å². The van der Waals surface area contributed by atoms with E-state index in [9.17, 15) is 9.90 Å². The van der Waals surface area contributed by atoms with E-state index in [0.29, 0.717) is 23.0 Å². The molecule has 0 aromatic heterocycles. The molecule has 0 atom stereocenters. The smallest absolute Gasteiger partial charge is 0.231 e. The quantitative estimate of drug-likeness (QED) is 0.743. The minimum absolute atomic E-state index is 0.191. The SMILES string of the molecule is CC1(C)CC=C2C(=O)C(O)=c3ccccc3=C2O1. The summed E-state index contributed by atoms with van der Waals surface area (Å²) in [5.74, 6) is 0.0488. The van der Waals surface area contributed by atoms with Crippen molar-refractivity contribution in [2.24, 2.45) is 0 Å². The van der Waals surface area contributed by atoms with Crippen molar-refractivity contribution < 1.29 is 14.6 Å². The fraction of sp³-hybridized carbons (Fsp3) is 0.267. The molecule has 92 valence electrons. The zero-order valence-electron chi connectivity index (χ0n) is 10.4. The van der Waals surface area contributed by atoms with Crippen LogP contribution in [0.3, 0.4) is 0 Å². The Morgan fingerprint density at radius 2 is 1.89 bits per heavy atom. The number of benzene rings is 1. The molecule has 0 spiro atoms. The van der Waals surface area contributed by atoms with Crippen molar-refractivity contribution >= 4 is 17.3 Å². The van der Waals surface area contributed by atoms with Crippen LogP contribution in [0.25, 0.3) is 11.5 Å². The molecule has 0 saturated carbocycles. The molecule has 2 aliphatic rings. The summed E-state index contributed by atoms with van der Waals surface area (Å²) in [6.07, 6.45) is 2.51. The normalized spacial score (nSPS) is 20.8. The number of aliphatic hydroxyl groups excluding tert-OH is 1. The highest BCUT2D eigenvalue weighted by Gasteiger charge is 2.33. The third-order valence-electron chi connectivity index (χ3n) is 3.31. The van der Waals surface area contributed by atoms with Crippen LogP contribution in [0.15, 0.2) is 35.9 Å². The van der Waals surface area contributed by atoms with Crippen LogP contribution in [0.4, 0.5) is 0 Å². The number of fused-ring (bicyclic) bond motifs is 2. The Balaban J connectivity index is 2.44. The molecule has 1 aliphatic heterocycles. The molecule has 3 rings (SSSR count). The summed E-state index contributed by atoms with van der Waals surface area (Å²) in [7, 11) is 0. The van der Waals surface area contributed by atoms with Crippen molar-refractivity contribution in [3.8, 4) is 0 Å². The van der Waals surface area contributed by atoms with Crippen molar-refractivity contribution in [2.75, 3.05) is 0 Å². The second-order valence-corrected chi connectivity index (χ2v) is 5.24. The van der Waals surface area contributed by atoms with Crippen molar-refractivity contribution in [3.05, 3.63) is 46.4 Å². The average molecular weight is 242 g/mol. The Morgan fingerprint density at radius 3 is 2.61 bits per heavy atom. The van der Waals surface area contributed by atoms with Crippen LogP contribution in [0.5, 0.6) is 0 Å². The van der Waals surface area contributed by atoms with Gasteiger partial charge in [0.25, 0.3) is 0 Å². The van der Waals surface area contributed by atoms with Crippen LogP contribution < -0.4 is 10.4 Å². The second-order valence-electron chi connectivity index (χ2n) is 5.24. The molecule has 0 radical (unpaired) electrons. The molecule has 3 nitrogen and oxygen atoms in total. The number of aliphatic hydroxyl groups is 1. The molecule has 0 amide bonds. The number of rotatable bonds is 0. The topological polar surface area (TPSA) is 46.5 Å². The van der Waals surface area contributed by atoms with E-state index in [1.807, 2.05) is 32.1 Å². The molecule has 3 heteroatoms. The number of ketones is 1. The maximum Gasteiger partial charge on any atom is 0.231 e. The van der Waals surface area contributed by atoms with Crippen LogP contribution in [-0.4, -0.2) is 16.5 Å². The van der Waals surface area contributed by atoms with Gasteiger partial charge in [-0.2, -0.15) is 0 Å². The van der Waals surface area contributed by atoms with E-state index in [4.69, 9.17) is 4.74 Å². The third kappa shape index (κ3) is 1.47. The average Bonchev–Trinajstić information content (AvgIpc) is 2.35. The van der Waals surface area contributed by atoms with E-state index in [1.165, 1.54) is 0 Å². The van der Waals surface area contributed by atoms with Crippen molar-refractivity contribution in [1.29, 1.82) is 0 Å². The van der Waals surface area contributed by atoms with Crippen LogP contribution >= 0.6 is 0 Å². The highest BCUT2D eigenvalue weighted by Crippen LogP contribution is 2.32. The van der Waals surface area contributed by atoms with Gasteiger partial charge in [-0.3, -0.25) is 4.79 Å². The zero-order valence-corrected chi connectivity index (χ0v) is 10.4. The predicted octanol–water partition coefficient (Wildman–Crippen LogP) is 1.17. The van der Waals surface area contributed by atoms with Gasteiger partial charge in [0.2, 0.25) is 5.78 Å². The molecule has 0 fully saturated rings. The van der Waals surface area contributed by atoms with Crippen molar-refractivity contribution in [2.45, 2.75) is 25.9 Å². The molecule has 1 heterocycles. The van der Waals surface area contributed by atoms with Gasteiger partial charge in [-0.25, -0.2) is 0 Å². The lowest BCUT2D eigenvalue weighted by Crippen LogP contribution is -2.41. The molecule has 0 bridgehead atoms. The Hall–Kier alpha value is -2.03. The number of carbonyl (C=O) groups excluding carboxylic acids is 1.